The van der Waals surface area contributed by atoms with Crippen molar-refractivity contribution in [1.82, 2.24) is 9.88 Å². The van der Waals surface area contributed by atoms with Gasteiger partial charge in [0.1, 0.15) is 0 Å². The molecule has 0 N–H and O–H groups in total. The van der Waals surface area contributed by atoms with Crippen LogP contribution >= 0.6 is 15.9 Å². The predicted molar refractivity (Wildman–Crippen MR) is 104 cm³/mol. The predicted octanol–water partition coefficient (Wildman–Crippen LogP) is 4.62. The first-order chi connectivity index (χ1) is 12.6. The van der Waals surface area contributed by atoms with Gasteiger partial charge in [-0.1, -0.05) is 6.07 Å². The third-order valence-corrected chi connectivity index (χ3v) is 5.06. The zero-order valence-corrected chi connectivity index (χ0v) is 16.8. The standard InChI is InChI=1S/C20H23BrN2O3/c1-4-26-19-16(21)11-14(12-18(19)25-3)20(24)23(15-8-9-15)13(2)17-7-5-6-10-22-17/h5-7,10-13,15H,4,8-9H2,1-3H3. The van der Waals surface area contributed by atoms with Crippen molar-refractivity contribution < 1.29 is 14.3 Å². The van der Waals surface area contributed by atoms with Crippen molar-refractivity contribution in [2.45, 2.75) is 38.8 Å². The lowest BCUT2D eigenvalue weighted by Gasteiger charge is -2.29. The van der Waals surface area contributed by atoms with Gasteiger partial charge in [0.2, 0.25) is 0 Å². The van der Waals surface area contributed by atoms with E-state index in [0.29, 0.717) is 28.1 Å². The second-order valence-corrected chi connectivity index (χ2v) is 7.15. The van der Waals surface area contributed by atoms with Crippen LogP contribution in [0.3, 0.4) is 0 Å². The monoisotopic (exact) mass is 418 g/mol. The lowest BCUT2D eigenvalue weighted by atomic mass is 10.1. The van der Waals surface area contributed by atoms with Crippen LogP contribution < -0.4 is 9.47 Å². The lowest BCUT2D eigenvalue weighted by Crippen LogP contribution is -2.36. The number of aromatic nitrogens is 1. The summed E-state index contributed by atoms with van der Waals surface area (Å²) in [5.41, 5.74) is 1.47. The maximum Gasteiger partial charge on any atom is 0.254 e. The van der Waals surface area contributed by atoms with Crippen molar-refractivity contribution in [2.75, 3.05) is 13.7 Å². The number of halogens is 1. The molecule has 138 valence electrons. The molecule has 0 saturated heterocycles. The fourth-order valence-electron chi connectivity index (χ4n) is 3.05. The minimum absolute atomic E-state index is 0.0206. The van der Waals surface area contributed by atoms with Gasteiger partial charge in [-0.25, -0.2) is 0 Å². The molecule has 1 aromatic carbocycles. The van der Waals surface area contributed by atoms with Gasteiger partial charge in [0.15, 0.2) is 11.5 Å². The first kappa shape index (κ1) is 18.7. The van der Waals surface area contributed by atoms with E-state index in [-0.39, 0.29) is 18.0 Å². The highest BCUT2D eigenvalue weighted by molar-refractivity contribution is 9.10. The van der Waals surface area contributed by atoms with Gasteiger partial charge in [-0.3, -0.25) is 9.78 Å². The molecule has 0 spiro atoms. The summed E-state index contributed by atoms with van der Waals surface area (Å²) in [6.45, 7) is 4.46. The van der Waals surface area contributed by atoms with Crippen molar-refractivity contribution in [3.63, 3.8) is 0 Å². The molecule has 1 fully saturated rings. The number of pyridine rings is 1. The normalized spacial score (nSPS) is 14.6. The fraction of sp³-hybridized carbons (Fsp3) is 0.400. The Morgan fingerprint density at radius 1 is 1.38 bits per heavy atom. The van der Waals surface area contributed by atoms with Gasteiger partial charge in [-0.15, -0.1) is 0 Å². The van der Waals surface area contributed by atoms with E-state index in [1.165, 1.54) is 0 Å². The first-order valence-electron chi connectivity index (χ1n) is 8.80. The number of ether oxygens (including phenoxy) is 2. The molecular formula is C20H23BrN2O3. The van der Waals surface area contributed by atoms with E-state index in [4.69, 9.17) is 9.47 Å². The molecule has 6 heteroatoms. The molecule has 1 aromatic heterocycles. The van der Waals surface area contributed by atoms with Gasteiger partial charge in [-0.05, 0) is 66.9 Å². The van der Waals surface area contributed by atoms with Crippen LogP contribution in [0.2, 0.25) is 0 Å². The molecule has 1 unspecified atom stereocenters. The third-order valence-electron chi connectivity index (χ3n) is 4.47. The molecular weight excluding hydrogens is 396 g/mol. The summed E-state index contributed by atoms with van der Waals surface area (Å²) in [6, 6.07) is 9.51. The Labute approximate surface area is 162 Å². The molecule has 1 amide bonds. The van der Waals surface area contributed by atoms with Crippen molar-refractivity contribution >= 4 is 21.8 Å². The van der Waals surface area contributed by atoms with E-state index in [0.717, 1.165) is 18.5 Å². The SMILES string of the molecule is CCOc1c(Br)cc(C(=O)N(C2CC2)C(C)c2ccccn2)cc1OC. The average Bonchev–Trinajstić information content (AvgIpc) is 3.49. The smallest absolute Gasteiger partial charge is 0.254 e. The summed E-state index contributed by atoms with van der Waals surface area (Å²) >= 11 is 3.50. The topological polar surface area (TPSA) is 51.7 Å². The molecule has 1 atom stereocenters. The summed E-state index contributed by atoms with van der Waals surface area (Å²) in [5, 5.41) is 0. The number of hydrogen-bond acceptors (Lipinski definition) is 4. The summed E-state index contributed by atoms with van der Waals surface area (Å²) in [5.74, 6) is 1.14. The van der Waals surface area contributed by atoms with Crippen molar-refractivity contribution in [3.8, 4) is 11.5 Å². The molecule has 1 aliphatic carbocycles. The lowest BCUT2D eigenvalue weighted by molar-refractivity contribution is 0.0669. The zero-order valence-electron chi connectivity index (χ0n) is 15.2. The Kier molecular flexibility index (Phi) is 5.81. The zero-order chi connectivity index (χ0) is 18.7. The number of methoxy groups -OCH3 is 1. The Morgan fingerprint density at radius 3 is 2.73 bits per heavy atom. The Hall–Kier alpha value is -2.08. The van der Waals surface area contributed by atoms with Crippen LogP contribution in [0.4, 0.5) is 0 Å². The summed E-state index contributed by atoms with van der Waals surface area (Å²) in [7, 11) is 1.58. The molecule has 0 aliphatic heterocycles. The quantitative estimate of drug-likeness (QED) is 0.658. The number of amides is 1. The second kappa shape index (κ2) is 8.08. The van der Waals surface area contributed by atoms with Gasteiger partial charge in [0.25, 0.3) is 5.91 Å². The second-order valence-electron chi connectivity index (χ2n) is 6.30. The van der Waals surface area contributed by atoms with Crippen LogP contribution in [0.15, 0.2) is 41.0 Å². The van der Waals surface area contributed by atoms with Crippen LogP contribution in [0.25, 0.3) is 0 Å². The van der Waals surface area contributed by atoms with Crippen LogP contribution in [-0.4, -0.2) is 35.5 Å². The van der Waals surface area contributed by atoms with E-state index in [1.807, 2.05) is 36.9 Å². The number of nitrogens with zero attached hydrogens (tertiary/aromatic N) is 2. The van der Waals surface area contributed by atoms with E-state index in [2.05, 4.69) is 20.9 Å². The highest BCUT2D eigenvalue weighted by Gasteiger charge is 2.37. The molecule has 5 nitrogen and oxygen atoms in total. The van der Waals surface area contributed by atoms with Gasteiger partial charge in [0, 0.05) is 17.8 Å². The van der Waals surface area contributed by atoms with Crippen LogP contribution in [-0.2, 0) is 0 Å². The number of benzene rings is 1. The average molecular weight is 419 g/mol. The largest absolute Gasteiger partial charge is 0.493 e. The molecule has 26 heavy (non-hydrogen) atoms. The van der Waals surface area contributed by atoms with Gasteiger partial charge in [-0.2, -0.15) is 0 Å². The Morgan fingerprint density at radius 2 is 2.15 bits per heavy atom. The van der Waals surface area contributed by atoms with Crippen molar-refractivity contribution in [3.05, 3.63) is 52.3 Å². The third kappa shape index (κ3) is 3.85. The van der Waals surface area contributed by atoms with Crippen LogP contribution in [0, 0.1) is 0 Å². The van der Waals surface area contributed by atoms with Crippen molar-refractivity contribution in [1.29, 1.82) is 0 Å². The summed E-state index contributed by atoms with van der Waals surface area (Å²) in [4.78, 5) is 19.7. The molecule has 0 radical (unpaired) electrons. The maximum atomic E-state index is 13.3. The molecule has 2 aromatic rings. The number of carbonyl (C=O) groups is 1. The Balaban J connectivity index is 1.94. The summed E-state index contributed by atoms with van der Waals surface area (Å²) < 4.78 is 11.8. The molecule has 1 heterocycles. The highest BCUT2D eigenvalue weighted by atomic mass is 79.9. The van der Waals surface area contributed by atoms with Crippen molar-refractivity contribution in [2.24, 2.45) is 0 Å². The Bertz CT molecular complexity index is 778. The highest BCUT2D eigenvalue weighted by Crippen LogP contribution is 2.39. The minimum atomic E-state index is -0.0902. The number of hydrogen-bond donors (Lipinski definition) is 0. The van der Waals surface area contributed by atoms with E-state index >= 15 is 0 Å². The van der Waals surface area contributed by atoms with Gasteiger partial charge >= 0.3 is 0 Å². The molecule has 1 aliphatic rings. The van der Waals surface area contributed by atoms with E-state index < -0.39 is 0 Å². The fourth-order valence-corrected chi connectivity index (χ4v) is 3.61. The van der Waals surface area contributed by atoms with Crippen LogP contribution in [0.1, 0.15) is 48.8 Å². The summed E-state index contributed by atoms with van der Waals surface area (Å²) in [6.07, 6.45) is 3.81. The molecule has 0 bridgehead atoms. The van der Waals surface area contributed by atoms with E-state index in [9.17, 15) is 4.79 Å². The van der Waals surface area contributed by atoms with E-state index in [1.54, 1.807) is 25.4 Å². The number of rotatable bonds is 7. The van der Waals surface area contributed by atoms with Gasteiger partial charge in [0.05, 0.1) is 29.9 Å². The first-order valence-corrected chi connectivity index (χ1v) is 9.60. The van der Waals surface area contributed by atoms with Crippen LogP contribution in [0.5, 0.6) is 11.5 Å². The minimum Gasteiger partial charge on any atom is -0.493 e. The molecule has 3 rings (SSSR count). The molecule has 1 saturated carbocycles. The number of carbonyl (C=O) groups excluding carboxylic acids is 1. The van der Waals surface area contributed by atoms with Gasteiger partial charge < -0.3 is 14.4 Å². The maximum absolute atomic E-state index is 13.3.